The third kappa shape index (κ3) is 7.06. The maximum atomic E-state index is 13.0. The number of carbonyl (C=O) groups excluding carboxylic acids is 2. The van der Waals surface area contributed by atoms with Crippen molar-refractivity contribution >= 4 is 17.5 Å². The molecule has 0 aromatic heterocycles. The topological polar surface area (TPSA) is 70.7 Å². The van der Waals surface area contributed by atoms with E-state index in [-0.39, 0.29) is 17.7 Å². The van der Waals surface area contributed by atoms with Gasteiger partial charge in [-0.25, -0.2) is 0 Å². The molecule has 178 valence electrons. The van der Waals surface area contributed by atoms with Crippen LogP contribution in [0.2, 0.25) is 0 Å². The van der Waals surface area contributed by atoms with Gasteiger partial charge in [-0.2, -0.15) is 0 Å². The number of benzene rings is 2. The van der Waals surface area contributed by atoms with Crippen LogP contribution in [0.5, 0.6) is 5.75 Å². The highest BCUT2D eigenvalue weighted by atomic mass is 16.5. The summed E-state index contributed by atoms with van der Waals surface area (Å²) in [5, 5.41) is 6.50. The van der Waals surface area contributed by atoms with Crippen molar-refractivity contribution in [1.82, 2.24) is 10.6 Å². The number of hydrogen-bond donors (Lipinski definition) is 2. The van der Waals surface area contributed by atoms with Crippen LogP contribution in [0, 0.1) is 5.92 Å². The molecule has 2 N–H and O–H groups in total. The zero-order valence-corrected chi connectivity index (χ0v) is 20.2. The fraction of sp³-hybridized carbons (Fsp3) is 0.481. The molecule has 1 aliphatic rings. The molecule has 6 heteroatoms. The summed E-state index contributed by atoms with van der Waals surface area (Å²) < 4.78 is 5.19. The maximum absolute atomic E-state index is 13.0. The van der Waals surface area contributed by atoms with E-state index in [9.17, 15) is 9.59 Å². The van der Waals surface area contributed by atoms with Crippen molar-refractivity contribution in [2.24, 2.45) is 5.92 Å². The molecule has 2 amide bonds. The molecule has 1 aliphatic heterocycles. The highest BCUT2D eigenvalue weighted by molar-refractivity contribution is 5.98. The fourth-order valence-electron chi connectivity index (χ4n) is 4.09. The molecule has 6 nitrogen and oxygen atoms in total. The summed E-state index contributed by atoms with van der Waals surface area (Å²) in [5.41, 5.74) is 3.51. The second kappa shape index (κ2) is 12.4. The fourth-order valence-corrected chi connectivity index (χ4v) is 4.09. The first-order valence-corrected chi connectivity index (χ1v) is 12.1. The Morgan fingerprint density at radius 3 is 2.48 bits per heavy atom. The summed E-state index contributed by atoms with van der Waals surface area (Å²) in [4.78, 5) is 27.8. The van der Waals surface area contributed by atoms with Crippen molar-refractivity contribution in [3.8, 4) is 5.75 Å². The minimum Gasteiger partial charge on any atom is -0.497 e. The van der Waals surface area contributed by atoms with Crippen molar-refractivity contribution < 1.29 is 14.3 Å². The first-order chi connectivity index (χ1) is 16.0. The van der Waals surface area contributed by atoms with Gasteiger partial charge in [-0.1, -0.05) is 45.2 Å². The second-order valence-electron chi connectivity index (χ2n) is 8.96. The number of amides is 2. The van der Waals surface area contributed by atoms with Gasteiger partial charge in [-0.05, 0) is 60.8 Å². The van der Waals surface area contributed by atoms with Crippen molar-refractivity contribution in [2.75, 3.05) is 25.1 Å². The van der Waals surface area contributed by atoms with Crippen LogP contribution in [0.25, 0.3) is 0 Å². The number of rotatable bonds is 5. The monoisotopic (exact) mass is 451 g/mol. The largest absolute Gasteiger partial charge is 0.497 e. The quantitative estimate of drug-likeness (QED) is 0.693. The third-order valence-electron chi connectivity index (χ3n) is 6.06. The lowest BCUT2D eigenvalue weighted by Gasteiger charge is -2.28. The Bertz CT molecular complexity index is 925. The molecule has 0 aliphatic carbocycles. The molecule has 2 aromatic rings. The summed E-state index contributed by atoms with van der Waals surface area (Å²) >= 11 is 0. The minimum absolute atomic E-state index is 0.0776. The predicted octanol–water partition coefficient (Wildman–Crippen LogP) is 4.67. The molecular formula is C27H37N3O3. The number of methoxy groups -OCH3 is 1. The summed E-state index contributed by atoms with van der Waals surface area (Å²) in [6.45, 7) is 6.61. The van der Waals surface area contributed by atoms with E-state index in [2.05, 4.69) is 10.6 Å². The molecule has 0 atom stereocenters. The van der Waals surface area contributed by atoms with Crippen LogP contribution in [0.3, 0.4) is 0 Å². The van der Waals surface area contributed by atoms with Gasteiger partial charge in [0, 0.05) is 36.8 Å². The van der Waals surface area contributed by atoms with Gasteiger partial charge in [0.05, 0.1) is 7.11 Å². The lowest BCUT2D eigenvalue weighted by molar-refractivity contribution is -0.121. The Morgan fingerprint density at radius 1 is 1.03 bits per heavy atom. The van der Waals surface area contributed by atoms with Crippen LogP contribution in [0.15, 0.2) is 42.5 Å². The predicted molar refractivity (Wildman–Crippen MR) is 133 cm³/mol. The van der Waals surface area contributed by atoms with Crippen molar-refractivity contribution in [3.05, 3.63) is 59.2 Å². The average molecular weight is 452 g/mol. The highest BCUT2D eigenvalue weighted by Crippen LogP contribution is 2.25. The van der Waals surface area contributed by atoms with Crippen LogP contribution < -0.4 is 20.3 Å². The van der Waals surface area contributed by atoms with E-state index in [4.69, 9.17) is 4.74 Å². The molecule has 0 radical (unpaired) electrons. The summed E-state index contributed by atoms with van der Waals surface area (Å²) in [6.07, 6.45) is 5.67. The zero-order chi connectivity index (χ0) is 23.6. The van der Waals surface area contributed by atoms with Gasteiger partial charge in [0.15, 0.2) is 0 Å². The molecule has 0 bridgehead atoms. The summed E-state index contributed by atoms with van der Waals surface area (Å²) in [5.74, 6) is 0.718. The van der Waals surface area contributed by atoms with Crippen LogP contribution in [0.1, 0.15) is 67.4 Å². The second-order valence-corrected chi connectivity index (χ2v) is 8.96. The van der Waals surface area contributed by atoms with E-state index in [0.717, 1.165) is 48.4 Å². The van der Waals surface area contributed by atoms with Gasteiger partial charge in [0.25, 0.3) is 5.91 Å². The summed E-state index contributed by atoms with van der Waals surface area (Å²) in [7, 11) is 1.63. The smallest absolute Gasteiger partial charge is 0.251 e. The first kappa shape index (κ1) is 24.8. The minimum atomic E-state index is -0.124. The van der Waals surface area contributed by atoms with Gasteiger partial charge < -0.3 is 20.3 Å². The Labute approximate surface area is 197 Å². The zero-order valence-electron chi connectivity index (χ0n) is 20.2. The maximum Gasteiger partial charge on any atom is 0.251 e. The molecule has 0 spiro atoms. The molecule has 0 saturated heterocycles. The number of nitrogens with one attached hydrogen (secondary N) is 2. The van der Waals surface area contributed by atoms with Crippen molar-refractivity contribution in [1.29, 1.82) is 0 Å². The number of hydrogen-bond acceptors (Lipinski definition) is 4. The molecular weight excluding hydrogens is 414 g/mol. The van der Waals surface area contributed by atoms with Gasteiger partial charge in [0.1, 0.15) is 5.75 Å². The molecule has 3 rings (SSSR count). The van der Waals surface area contributed by atoms with Crippen molar-refractivity contribution in [3.63, 3.8) is 0 Å². The average Bonchev–Trinajstić information content (AvgIpc) is 2.82. The SMILES string of the molecule is COc1ccc(CNC(=O)c2ccc3c(c2)CNCCCCCCCN3C(=O)C(C)C)cc1. The third-order valence-corrected chi connectivity index (χ3v) is 6.06. The normalized spacial score (nSPS) is 15.2. The Balaban J connectivity index is 1.80. The van der Waals surface area contributed by atoms with E-state index in [0.29, 0.717) is 25.2 Å². The molecule has 0 saturated carbocycles. The van der Waals surface area contributed by atoms with E-state index in [1.807, 2.05) is 61.2 Å². The van der Waals surface area contributed by atoms with E-state index >= 15 is 0 Å². The highest BCUT2D eigenvalue weighted by Gasteiger charge is 2.22. The molecule has 33 heavy (non-hydrogen) atoms. The number of fused-ring (bicyclic) bond motifs is 1. The van der Waals surface area contributed by atoms with Gasteiger partial charge >= 0.3 is 0 Å². The number of carbonyl (C=O) groups is 2. The lowest BCUT2D eigenvalue weighted by Crippen LogP contribution is -2.36. The Morgan fingerprint density at radius 2 is 1.76 bits per heavy atom. The van der Waals surface area contributed by atoms with Crippen LogP contribution >= 0.6 is 0 Å². The van der Waals surface area contributed by atoms with Crippen molar-refractivity contribution in [2.45, 2.75) is 59.0 Å². The van der Waals surface area contributed by atoms with Gasteiger partial charge in [-0.3, -0.25) is 9.59 Å². The lowest BCUT2D eigenvalue weighted by atomic mass is 10.0. The van der Waals surface area contributed by atoms with Crippen LogP contribution in [-0.2, 0) is 17.9 Å². The van der Waals surface area contributed by atoms with E-state index < -0.39 is 0 Å². The van der Waals surface area contributed by atoms with Gasteiger partial charge in [-0.15, -0.1) is 0 Å². The Hall–Kier alpha value is -2.86. The molecule has 0 unspecified atom stereocenters. The molecule has 1 heterocycles. The van der Waals surface area contributed by atoms with E-state index in [1.165, 1.54) is 12.8 Å². The van der Waals surface area contributed by atoms with Crippen LogP contribution in [-0.4, -0.2) is 32.0 Å². The Kier molecular flexibility index (Phi) is 9.31. The standard InChI is InChI=1S/C27H37N3O3/c1-20(2)27(32)30-16-8-6-4-5-7-15-28-19-23-17-22(11-14-25(23)30)26(31)29-18-21-9-12-24(33-3)13-10-21/h9-14,17,20,28H,4-8,15-16,18-19H2,1-3H3,(H,29,31). The summed E-state index contributed by atoms with van der Waals surface area (Å²) in [6, 6.07) is 13.3. The molecule has 0 fully saturated rings. The van der Waals surface area contributed by atoms with E-state index in [1.54, 1.807) is 7.11 Å². The van der Waals surface area contributed by atoms with Crippen LogP contribution in [0.4, 0.5) is 5.69 Å². The number of anilines is 1. The number of nitrogens with zero attached hydrogens (tertiary/aromatic N) is 1. The molecule has 2 aromatic carbocycles. The number of ether oxygens (including phenoxy) is 1. The van der Waals surface area contributed by atoms with Gasteiger partial charge in [0.2, 0.25) is 5.91 Å². The first-order valence-electron chi connectivity index (χ1n) is 12.1.